The fourth-order valence-electron chi connectivity index (χ4n) is 4.46. The number of hydrogen-bond donors (Lipinski definition) is 0. The zero-order valence-corrected chi connectivity index (χ0v) is 20.5. The first-order valence-electron chi connectivity index (χ1n) is 12.4. The highest BCUT2D eigenvalue weighted by Gasteiger charge is 2.25. The maximum absolute atomic E-state index is 12.7. The lowest BCUT2D eigenvalue weighted by molar-refractivity contribution is -0.137. The van der Waals surface area contributed by atoms with Gasteiger partial charge in [-0.1, -0.05) is 65.3 Å². The topological polar surface area (TPSA) is 95.1 Å². The van der Waals surface area contributed by atoms with Gasteiger partial charge in [-0.3, -0.25) is 14.5 Å². The summed E-state index contributed by atoms with van der Waals surface area (Å²) in [6.45, 7) is 5.83. The van der Waals surface area contributed by atoms with Gasteiger partial charge in [0.1, 0.15) is 0 Å². The molecule has 3 heterocycles. The summed E-state index contributed by atoms with van der Waals surface area (Å²) in [6.07, 6.45) is 1.11. The van der Waals surface area contributed by atoms with Gasteiger partial charge >= 0.3 is 0 Å². The SMILES string of the molecule is Cc1ccc(-c2noc(CN3CCN(C(=O)CCC(=O)N4CCC(c5ccccc5)=N4)CC3)n2)cc1. The Morgan fingerprint density at radius 1 is 0.861 bits per heavy atom. The van der Waals surface area contributed by atoms with E-state index < -0.39 is 0 Å². The molecule has 9 heteroatoms. The molecular formula is C27H30N6O3. The van der Waals surface area contributed by atoms with E-state index in [1.165, 1.54) is 10.6 Å². The number of hydrazone groups is 1. The van der Waals surface area contributed by atoms with Gasteiger partial charge in [-0.05, 0) is 12.5 Å². The van der Waals surface area contributed by atoms with E-state index in [1.807, 2.05) is 66.4 Å². The van der Waals surface area contributed by atoms with E-state index in [9.17, 15) is 9.59 Å². The van der Waals surface area contributed by atoms with Gasteiger partial charge in [0.2, 0.25) is 23.5 Å². The molecule has 36 heavy (non-hydrogen) atoms. The zero-order chi connectivity index (χ0) is 24.9. The minimum absolute atomic E-state index is 0.00825. The van der Waals surface area contributed by atoms with Gasteiger partial charge in [-0.2, -0.15) is 10.1 Å². The average Bonchev–Trinajstić information content (AvgIpc) is 3.59. The summed E-state index contributed by atoms with van der Waals surface area (Å²) in [5.41, 5.74) is 4.06. The summed E-state index contributed by atoms with van der Waals surface area (Å²) in [6, 6.07) is 17.9. The molecule has 2 aromatic carbocycles. The Morgan fingerprint density at radius 2 is 1.58 bits per heavy atom. The van der Waals surface area contributed by atoms with Crippen molar-refractivity contribution in [2.24, 2.45) is 5.10 Å². The lowest BCUT2D eigenvalue weighted by Gasteiger charge is -2.34. The van der Waals surface area contributed by atoms with Crippen molar-refractivity contribution in [1.29, 1.82) is 0 Å². The van der Waals surface area contributed by atoms with Crippen molar-refractivity contribution in [3.05, 3.63) is 71.6 Å². The predicted molar refractivity (Wildman–Crippen MR) is 135 cm³/mol. The largest absolute Gasteiger partial charge is 0.340 e. The maximum Gasteiger partial charge on any atom is 0.243 e. The van der Waals surface area contributed by atoms with Crippen LogP contribution in [0.1, 0.15) is 36.3 Å². The number of piperazine rings is 1. The van der Waals surface area contributed by atoms with E-state index in [1.54, 1.807) is 0 Å². The quantitative estimate of drug-likeness (QED) is 0.509. The number of rotatable bonds is 7. The highest BCUT2D eigenvalue weighted by molar-refractivity contribution is 6.02. The van der Waals surface area contributed by atoms with Crippen molar-refractivity contribution in [1.82, 2.24) is 24.9 Å². The number of hydrogen-bond acceptors (Lipinski definition) is 7. The van der Waals surface area contributed by atoms with E-state index >= 15 is 0 Å². The maximum atomic E-state index is 12.7. The van der Waals surface area contributed by atoms with Crippen LogP contribution in [0.15, 0.2) is 64.2 Å². The third-order valence-corrected chi connectivity index (χ3v) is 6.61. The fraction of sp³-hybridized carbons (Fsp3) is 0.370. The van der Waals surface area contributed by atoms with Crippen LogP contribution in [0.5, 0.6) is 0 Å². The summed E-state index contributed by atoms with van der Waals surface area (Å²) < 4.78 is 5.44. The summed E-state index contributed by atoms with van der Waals surface area (Å²) in [5, 5.41) is 10.1. The first kappa shape index (κ1) is 23.9. The van der Waals surface area contributed by atoms with Crippen molar-refractivity contribution in [3.63, 3.8) is 0 Å². The number of carbonyl (C=O) groups is 2. The molecule has 2 aliphatic heterocycles. The Morgan fingerprint density at radius 3 is 2.33 bits per heavy atom. The van der Waals surface area contributed by atoms with Gasteiger partial charge in [0, 0.05) is 51.0 Å². The Labute approximate surface area is 210 Å². The van der Waals surface area contributed by atoms with Crippen molar-refractivity contribution >= 4 is 17.5 Å². The molecule has 1 aromatic heterocycles. The van der Waals surface area contributed by atoms with Gasteiger partial charge in [-0.25, -0.2) is 5.01 Å². The van der Waals surface area contributed by atoms with Crippen LogP contribution in [-0.2, 0) is 16.1 Å². The molecule has 186 valence electrons. The minimum Gasteiger partial charge on any atom is -0.340 e. The van der Waals surface area contributed by atoms with Crippen LogP contribution < -0.4 is 0 Å². The van der Waals surface area contributed by atoms with E-state index in [4.69, 9.17) is 4.52 Å². The zero-order valence-electron chi connectivity index (χ0n) is 20.5. The van der Waals surface area contributed by atoms with Gasteiger partial charge < -0.3 is 9.42 Å². The van der Waals surface area contributed by atoms with Crippen LogP contribution in [0.3, 0.4) is 0 Å². The van der Waals surface area contributed by atoms with Crippen LogP contribution in [0.25, 0.3) is 11.4 Å². The standard InChI is InChI=1S/C27H30N6O3/c1-20-7-9-22(10-8-20)27-28-24(36-30-27)19-31-15-17-32(18-16-31)25(34)11-12-26(35)33-14-13-23(29-33)21-5-3-2-4-6-21/h2-10H,11-19H2,1H3. The van der Waals surface area contributed by atoms with E-state index in [-0.39, 0.29) is 24.7 Å². The molecule has 5 rings (SSSR count). The molecule has 2 amide bonds. The summed E-state index contributed by atoms with van der Waals surface area (Å²) in [5.74, 6) is 1.06. The van der Waals surface area contributed by atoms with E-state index in [0.717, 1.165) is 36.3 Å². The normalized spacial score (nSPS) is 16.3. The first-order chi connectivity index (χ1) is 17.5. The number of aromatic nitrogens is 2. The van der Waals surface area contributed by atoms with Gasteiger partial charge in [0.05, 0.1) is 18.8 Å². The van der Waals surface area contributed by atoms with Crippen molar-refractivity contribution in [2.45, 2.75) is 32.7 Å². The molecule has 0 bridgehead atoms. The predicted octanol–water partition coefficient (Wildman–Crippen LogP) is 3.11. The average molecular weight is 487 g/mol. The second-order valence-corrected chi connectivity index (χ2v) is 9.21. The Hall–Kier alpha value is -3.85. The summed E-state index contributed by atoms with van der Waals surface area (Å²) in [4.78, 5) is 33.9. The second kappa shape index (κ2) is 10.8. The Bertz CT molecular complexity index is 1230. The number of aryl methyl sites for hydroxylation is 1. The number of carbonyl (C=O) groups excluding carboxylic acids is 2. The summed E-state index contributed by atoms with van der Waals surface area (Å²) >= 11 is 0. The molecule has 0 spiro atoms. The van der Waals surface area contributed by atoms with Crippen LogP contribution >= 0.6 is 0 Å². The lowest BCUT2D eigenvalue weighted by Crippen LogP contribution is -2.48. The van der Waals surface area contributed by atoms with Gasteiger partial charge in [0.25, 0.3) is 0 Å². The second-order valence-electron chi connectivity index (χ2n) is 9.21. The third kappa shape index (κ3) is 5.68. The minimum atomic E-state index is -0.103. The molecule has 2 aliphatic rings. The molecular weight excluding hydrogens is 456 g/mol. The highest BCUT2D eigenvalue weighted by Crippen LogP contribution is 2.18. The molecule has 1 fully saturated rings. The molecule has 0 unspecified atom stereocenters. The van der Waals surface area contributed by atoms with Crippen molar-refractivity contribution in [3.8, 4) is 11.4 Å². The van der Waals surface area contributed by atoms with Crippen LogP contribution in [0.2, 0.25) is 0 Å². The van der Waals surface area contributed by atoms with Crippen molar-refractivity contribution in [2.75, 3.05) is 32.7 Å². The van der Waals surface area contributed by atoms with E-state index in [0.29, 0.717) is 37.9 Å². The molecule has 1 saturated heterocycles. The third-order valence-electron chi connectivity index (χ3n) is 6.61. The van der Waals surface area contributed by atoms with Crippen LogP contribution in [0, 0.1) is 6.92 Å². The molecule has 0 radical (unpaired) electrons. The van der Waals surface area contributed by atoms with Crippen LogP contribution in [0.4, 0.5) is 0 Å². The molecule has 3 aromatic rings. The molecule has 0 saturated carbocycles. The molecule has 9 nitrogen and oxygen atoms in total. The molecule has 0 atom stereocenters. The smallest absolute Gasteiger partial charge is 0.243 e. The molecule has 0 N–H and O–H groups in total. The lowest BCUT2D eigenvalue weighted by atomic mass is 10.1. The van der Waals surface area contributed by atoms with E-state index in [2.05, 4.69) is 20.1 Å². The number of nitrogens with zero attached hydrogens (tertiary/aromatic N) is 6. The molecule has 0 aliphatic carbocycles. The van der Waals surface area contributed by atoms with Gasteiger partial charge in [-0.15, -0.1) is 0 Å². The monoisotopic (exact) mass is 486 g/mol. The van der Waals surface area contributed by atoms with Gasteiger partial charge in [0.15, 0.2) is 0 Å². The summed E-state index contributed by atoms with van der Waals surface area (Å²) in [7, 11) is 0. The highest BCUT2D eigenvalue weighted by atomic mass is 16.5. The Balaban J connectivity index is 1.05. The van der Waals surface area contributed by atoms with Crippen LogP contribution in [-0.4, -0.2) is 75.2 Å². The Kier molecular flexibility index (Phi) is 7.18. The fourth-order valence-corrected chi connectivity index (χ4v) is 4.46. The first-order valence-corrected chi connectivity index (χ1v) is 12.4. The number of benzene rings is 2. The number of amides is 2. The van der Waals surface area contributed by atoms with Crippen molar-refractivity contribution < 1.29 is 14.1 Å².